The molecule has 1 heterocycles. The largest absolute Gasteiger partial charge is 0.462 e. The van der Waals surface area contributed by atoms with Crippen LogP contribution in [-0.4, -0.2) is 37.2 Å². The first-order valence-corrected chi connectivity index (χ1v) is 7.13. The van der Waals surface area contributed by atoms with Gasteiger partial charge in [-0.15, -0.1) is 6.42 Å². The molecule has 0 aromatic carbocycles. The topological polar surface area (TPSA) is 101 Å². The van der Waals surface area contributed by atoms with Crippen LogP contribution in [0.25, 0.3) is 0 Å². The zero-order valence-corrected chi connectivity index (χ0v) is 11.5. The third-order valence-electron chi connectivity index (χ3n) is 2.28. The van der Waals surface area contributed by atoms with E-state index in [4.69, 9.17) is 11.2 Å². The van der Waals surface area contributed by atoms with Crippen LogP contribution in [0.4, 0.5) is 0 Å². The first-order chi connectivity index (χ1) is 8.96. The van der Waals surface area contributed by atoms with E-state index >= 15 is 0 Å². The van der Waals surface area contributed by atoms with Gasteiger partial charge in [-0.1, -0.05) is 12.8 Å². The van der Waals surface area contributed by atoms with E-state index in [0.29, 0.717) is 6.42 Å². The van der Waals surface area contributed by atoms with E-state index in [1.54, 1.807) is 13.8 Å². The lowest BCUT2D eigenvalue weighted by atomic mass is 10.3. The lowest BCUT2D eigenvalue weighted by Gasteiger charge is -2.11. The molecule has 0 bridgehead atoms. The predicted molar refractivity (Wildman–Crippen MR) is 67.8 cm³/mol. The van der Waals surface area contributed by atoms with Crippen LogP contribution in [0.1, 0.15) is 30.6 Å². The molecule has 0 saturated heterocycles. The monoisotopic (exact) mass is 285 g/mol. The quantitative estimate of drug-likeness (QED) is 0.577. The van der Waals surface area contributed by atoms with Crippen LogP contribution in [0.15, 0.2) is 11.2 Å². The fourth-order valence-electron chi connectivity index (χ4n) is 1.31. The van der Waals surface area contributed by atoms with Gasteiger partial charge in [-0.2, -0.15) is 9.82 Å². The number of carbonyl (C=O) groups is 1. The molecule has 8 heteroatoms. The van der Waals surface area contributed by atoms with Gasteiger partial charge in [-0.05, 0) is 13.3 Å². The summed E-state index contributed by atoms with van der Waals surface area (Å²) in [4.78, 5) is 11.6. The predicted octanol–water partition coefficient (Wildman–Crippen LogP) is 0.276. The lowest BCUT2D eigenvalue weighted by Crippen LogP contribution is -2.34. The second kappa shape index (κ2) is 6.36. The first kappa shape index (κ1) is 15.2. The maximum absolute atomic E-state index is 12.1. The summed E-state index contributed by atoms with van der Waals surface area (Å²) in [6, 6.07) is -0.650. The number of sulfonamides is 1. The molecule has 0 aliphatic rings. The minimum atomic E-state index is -3.95. The van der Waals surface area contributed by atoms with Crippen molar-refractivity contribution in [3.63, 3.8) is 0 Å². The van der Waals surface area contributed by atoms with E-state index in [2.05, 4.69) is 20.8 Å². The second-order valence-electron chi connectivity index (χ2n) is 3.58. The Morgan fingerprint density at radius 3 is 2.84 bits per heavy atom. The molecule has 104 valence electrons. The number of nitrogens with one attached hydrogen (secondary N) is 2. The molecule has 19 heavy (non-hydrogen) atoms. The van der Waals surface area contributed by atoms with Crippen molar-refractivity contribution in [3.8, 4) is 12.3 Å². The summed E-state index contributed by atoms with van der Waals surface area (Å²) in [5.74, 6) is 1.54. The van der Waals surface area contributed by atoms with Crippen molar-refractivity contribution in [1.29, 1.82) is 0 Å². The van der Waals surface area contributed by atoms with E-state index in [9.17, 15) is 13.2 Å². The van der Waals surface area contributed by atoms with E-state index in [1.165, 1.54) is 0 Å². The number of H-pyrrole nitrogens is 1. The van der Waals surface area contributed by atoms with E-state index in [0.717, 1.165) is 6.20 Å². The summed E-state index contributed by atoms with van der Waals surface area (Å²) in [7, 11) is -3.95. The van der Waals surface area contributed by atoms with Crippen LogP contribution < -0.4 is 4.72 Å². The minimum absolute atomic E-state index is 0.138. The molecule has 0 fully saturated rings. The van der Waals surface area contributed by atoms with Gasteiger partial charge < -0.3 is 4.74 Å². The summed E-state index contributed by atoms with van der Waals surface area (Å²) in [5, 5.41) is 5.48. The van der Waals surface area contributed by atoms with Crippen molar-refractivity contribution in [2.75, 3.05) is 6.61 Å². The Labute approximate surface area is 111 Å². The van der Waals surface area contributed by atoms with Crippen molar-refractivity contribution in [3.05, 3.63) is 11.8 Å². The molecule has 1 atom stereocenters. The highest BCUT2D eigenvalue weighted by Gasteiger charge is 2.27. The normalized spacial score (nSPS) is 12.7. The summed E-state index contributed by atoms with van der Waals surface area (Å²) in [6.45, 7) is 3.50. The maximum atomic E-state index is 12.1. The molecule has 1 aromatic heterocycles. The number of hydrogen-bond donors (Lipinski definition) is 2. The molecular weight excluding hydrogens is 270 g/mol. The zero-order valence-electron chi connectivity index (χ0n) is 10.6. The van der Waals surface area contributed by atoms with Gasteiger partial charge in [0.2, 0.25) is 0 Å². The van der Waals surface area contributed by atoms with Gasteiger partial charge in [0, 0.05) is 0 Å². The van der Waals surface area contributed by atoms with Crippen LogP contribution >= 0.6 is 0 Å². The minimum Gasteiger partial charge on any atom is -0.462 e. The second-order valence-corrected chi connectivity index (χ2v) is 5.23. The number of carbonyl (C=O) groups excluding carboxylic acids is 1. The third kappa shape index (κ3) is 3.56. The van der Waals surface area contributed by atoms with Crippen LogP contribution in [0.2, 0.25) is 0 Å². The molecule has 0 radical (unpaired) electrons. The molecule has 0 aliphatic carbocycles. The van der Waals surface area contributed by atoms with E-state index < -0.39 is 22.0 Å². The van der Waals surface area contributed by atoms with Crippen molar-refractivity contribution in [1.82, 2.24) is 14.9 Å². The maximum Gasteiger partial charge on any atom is 0.342 e. The Morgan fingerprint density at radius 1 is 1.63 bits per heavy atom. The Bertz CT molecular complexity index is 585. The first-order valence-electron chi connectivity index (χ1n) is 5.65. The lowest BCUT2D eigenvalue weighted by molar-refractivity contribution is 0.0522. The van der Waals surface area contributed by atoms with Crippen molar-refractivity contribution < 1.29 is 17.9 Å². The van der Waals surface area contributed by atoms with Gasteiger partial charge >= 0.3 is 5.97 Å². The molecule has 7 nitrogen and oxygen atoms in total. The van der Waals surface area contributed by atoms with Gasteiger partial charge in [0.05, 0.1) is 18.8 Å². The van der Waals surface area contributed by atoms with E-state index in [-0.39, 0.29) is 17.2 Å². The van der Waals surface area contributed by atoms with Gasteiger partial charge in [-0.3, -0.25) is 5.10 Å². The number of terminal acetylenes is 1. The number of aromatic amines is 1. The van der Waals surface area contributed by atoms with Gasteiger partial charge in [-0.25, -0.2) is 13.2 Å². The molecule has 2 N–H and O–H groups in total. The zero-order chi connectivity index (χ0) is 14.5. The van der Waals surface area contributed by atoms with Crippen LogP contribution in [0.3, 0.4) is 0 Å². The van der Waals surface area contributed by atoms with Crippen LogP contribution in [0.5, 0.6) is 0 Å². The number of hydrogen-bond acceptors (Lipinski definition) is 5. The molecule has 0 amide bonds. The number of ether oxygens (including phenoxy) is 1. The molecule has 0 spiro atoms. The number of aromatic nitrogens is 2. The summed E-state index contributed by atoms with van der Waals surface area (Å²) >= 11 is 0. The molecule has 1 aromatic rings. The Balaban J connectivity index is 3.07. The number of esters is 1. The summed E-state index contributed by atoms with van der Waals surface area (Å²) in [6.07, 6.45) is 6.72. The average molecular weight is 285 g/mol. The van der Waals surface area contributed by atoms with Crippen molar-refractivity contribution >= 4 is 16.0 Å². The van der Waals surface area contributed by atoms with Crippen molar-refractivity contribution in [2.24, 2.45) is 0 Å². The van der Waals surface area contributed by atoms with Crippen LogP contribution in [-0.2, 0) is 14.8 Å². The highest BCUT2D eigenvalue weighted by Crippen LogP contribution is 2.13. The number of nitrogens with zero attached hydrogens (tertiary/aromatic N) is 1. The van der Waals surface area contributed by atoms with Gasteiger partial charge in [0.1, 0.15) is 5.56 Å². The van der Waals surface area contributed by atoms with Gasteiger partial charge in [0.15, 0.2) is 5.03 Å². The van der Waals surface area contributed by atoms with Crippen molar-refractivity contribution in [2.45, 2.75) is 31.3 Å². The summed E-state index contributed by atoms with van der Waals surface area (Å²) < 4.78 is 31.2. The fraction of sp³-hybridized carbons (Fsp3) is 0.455. The smallest absolute Gasteiger partial charge is 0.342 e. The highest BCUT2D eigenvalue weighted by molar-refractivity contribution is 7.89. The molecule has 1 unspecified atom stereocenters. The molecule has 1 rings (SSSR count). The SMILES string of the molecule is C#CC(CC)NS(=O)(=O)c1[nH]ncc1C(=O)OCC. The molecule has 0 saturated carbocycles. The Kier molecular flexibility index (Phi) is 5.09. The fourth-order valence-corrected chi connectivity index (χ4v) is 2.64. The Morgan fingerprint density at radius 2 is 2.32 bits per heavy atom. The molecular formula is C11H15N3O4S. The molecule has 0 aliphatic heterocycles. The third-order valence-corrected chi connectivity index (χ3v) is 3.72. The highest BCUT2D eigenvalue weighted by atomic mass is 32.2. The van der Waals surface area contributed by atoms with E-state index in [1.807, 2.05) is 0 Å². The van der Waals surface area contributed by atoms with Crippen LogP contribution in [0, 0.1) is 12.3 Å². The number of rotatable bonds is 6. The average Bonchev–Trinajstić information content (AvgIpc) is 2.86. The van der Waals surface area contributed by atoms with Gasteiger partial charge in [0.25, 0.3) is 10.0 Å². The Hall–Kier alpha value is -1.85. The summed E-state index contributed by atoms with van der Waals surface area (Å²) in [5.41, 5.74) is -0.152. The standard InChI is InChI=1S/C11H15N3O4S/c1-4-8(5-2)14-19(16,17)10-9(7-12-13-10)11(15)18-6-3/h1,7-8,14H,5-6H2,2-3H3,(H,12,13).